The average Bonchev–Trinajstić information content (AvgIpc) is 2.46. The molecule has 2 aliphatic rings. The quantitative estimate of drug-likeness (QED) is 0.643. The number of hydrogen-bond acceptors (Lipinski definition) is 4. The van der Waals surface area contributed by atoms with Crippen molar-refractivity contribution >= 4 is 5.69 Å². The Labute approximate surface area is 118 Å². The first-order valence-electron chi connectivity index (χ1n) is 7.30. The minimum Gasteiger partial charge on any atom is -0.389 e. The molecule has 0 aromatic heterocycles. The van der Waals surface area contributed by atoms with Crippen molar-refractivity contribution in [3.63, 3.8) is 0 Å². The molecule has 0 unspecified atom stereocenters. The summed E-state index contributed by atoms with van der Waals surface area (Å²) < 4.78 is 0. The molecule has 1 aromatic rings. The van der Waals surface area contributed by atoms with Crippen molar-refractivity contribution in [2.24, 2.45) is 5.92 Å². The molecular formula is C15H20N2O3. The molecule has 108 valence electrons. The lowest BCUT2D eigenvalue weighted by molar-refractivity contribution is -0.385. The van der Waals surface area contributed by atoms with Crippen molar-refractivity contribution in [2.45, 2.75) is 43.7 Å². The predicted molar refractivity (Wildman–Crippen MR) is 75.4 cm³/mol. The molecule has 3 atom stereocenters. The van der Waals surface area contributed by atoms with Gasteiger partial charge in [0.25, 0.3) is 5.69 Å². The van der Waals surface area contributed by atoms with Gasteiger partial charge in [-0.15, -0.1) is 0 Å². The third-order valence-corrected chi connectivity index (χ3v) is 4.83. The number of non-ortho nitro benzene ring substituents is 1. The first kappa shape index (κ1) is 13.5. The molecule has 1 heterocycles. The van der Waals surface area contributed by atoms with E-state index in [0.717, 1.165) is 44.2 Å². The lowest BCUT2D eigenvalue weighted by atomic mass is 9.67. The number of benzene rings is 1. The monoisotopic (exact) mass is 276 g/mol. The van der Waals surface area contributed by atoms with Gasteiger partial charge in [-0.2, -0.15) is 0 Å². The summed E-state index contributed by atoms with van der Waals surface area (Å²) in [4.78, 5) is 10.6. The highest BCUT2D eigenvalue weighted by Gasteiger charge is 2.45. The normalized spacial score (nSPS) is 33.5. The molecule has 0 radical (unpaired) electrons. The van der Waals surface area contributed by atoms with Gasteiger partial charge < -0.3 is 10.4 Å². The van der Waals surface area contributed by atoms with Gasteiger partial charge >= 0.3 is 0 Å². The van der Waals surface area contributed by atoms with Crippen LogP contribution in [0.4, 0.5) is 5.69 Å². The van der Waals surface area contributed by atoms with Gasteiger partial charge in [0, 0.05) is 24.1 Å². The predicted octanol–water partition coefficient (Wildman–Crippen LogP) is 2.55. The van der Waals surface area contributed by atoms with E-state index in [-0.39, 0.29) is 22.6 Å². The fourth-order valence-corrected chi connectivity index (χ4v) is 3.81. The molecule has 0 amide bonds. The van der Waals surface area contributed by atoms with Gasteiger partial charge in [0.1, 0.15) is 0 Å². The van der Waals surface area contributed by atoms with Crippen LogP contribution < -0.4 is 5.32 Å². The highest BCUT2D eigenvalue weighted by molar-refractivity contribution is 5.36. The first-order valence-corrected chi connectivity index (χ1v) is 7.30. The summed E-state index contributed by atoms with van der Waals surface area (Å²) in [5.41, 5.74) is 0.442. The standard InChI is InChI=1S/C15H20N2O3/c18-15-7-2-1-6-13(15)14(16-9-8-15)11-4-3-5-12(10-11)17(19)20/h3-5,10,13-14,16,18H,1-2,6-9H2/t13-,14+,15+/m0/s1. The summed E-state index contributed by atoms with van der Waals surface area (Å²) in [6, 6.07) is 6.82. The molecular weight excluding hydrogens is 256 g/mol. The minimum atomic E-state index is -0.598. The van der Waals surface area contributed by atoms with Gasteiger partial charge in [0.05, 0.1) is 10.5 Å². The van der Waals surface area contributed by atoms with Crippen molar-refractivity contribution in [1.82, 2.24) is 5.32 Å². The number of nitrogens with one attached hydrogen (secondary N) is 1. The number of nitrogens with zero attached hydrogens (tertiary/aromatic N) is 1. The van der Waals surface area contributed by atoms with Gasteiger partial charge in [0.2, 0.25) is 0 Å². The molecule has 3 rings (SSSR count). The number of nitro benzene ring substituents is 1. The fourth-order valence-electron chi connectivity index (χ4n) is 3.81. The third-order valence-electron chi connectivity index (χ3n) is 4.83. The molecule has 0 bridgehead atoms. The minimum absolute atomic E-state index is 0.0222. The van der Waals surface area contributed by atoms with Crippen LogP contribution in [-0.4, -0.2) is 22.2 Å². The van der Waals surface area contributed by atoms with Gasteiger partial charge in [-0.1, -0.05) is 25.0 Å². The van der Waals surface area contributed by atoms with E-state index in [1.54, 1.807) is 12.1 Å². The van der Waals surface area contributed by atoms with Crippen molar-refractivity contribution in [2.75, 3.05) is 6.54 Å². The summed E-state index contributed by atoms with van der Waals surface area (Å²) in [5, 5.41) is 25.2. The lowest BCUT2D eigenvalue weighted by Crippen LogP contribution is -2.53. The maximum atomic E-state index is 10.9. The number of aliphatic hydroxyl groups is 1. The zero-order valence-corrected chi connectivity index (χ0v) is 11.4. The number of hydrogen-bond donors (Lipinski definition) is 2. The van der Waals surface area contributed by atoms with Crippen LogP contribution in [0.25, 0.3) is 0 Å². The summed E-state index contributed by atoms with van der Waals surface area (Å²) in [6.07, 6.45) is 4.82. The molecule has 2 fully saturated rings. The molecule has 1 aliphatic carbocycles. The lowest BCUT2D eigenvalue weighted by Gasteiger charge is -2.48. The Morgan fingerprint density at radius 1 is 1.35 bits per heavy atom. The van der Waals surface area contributed by atoms with E-state index in [0.29, 0.717) is 0 Å². The second-order valence-corrected chi connectivity index (χ2v) is 5.99. The highest BCUT2D eigenvalue weighted by atomic mass is 16.6. The van der Waals surface area contributed by atoms with Crippen LogP contribution in [0.5, 0.6) is 0 Å². The van der Waals surface area contributed by atoms with Gasteiger partial charge in [-0.25, -0.2) is 0 Å². The summed E-state index contributed by atoms with van der Waals surface area (Å²) in [7, 11) is 0. The molecule has 1 aromatic carbocycles. The number of fused-ring (bicyclic) bond motifs is 1. The van der Waals surface area contributed by atoms with Gasteiger partial charge in [0.15, 0.2) is 0 Å². The SMILES string of the molecule is O=[N+]([O-])c1cccc([C@H]2NCC[C@]3(O)CCCC[C@@H]23)c1. The first-order chi connectivity index (χ1) is 9.60. The molecule has 2 N–H and O–H groups in total. The molecule has 1 aliphatic heterocycles. The van der Waals surface area contributed by atoms with Crippen LogP contribution >= 0.6 is 0 Å². The summed E-state index contributed by atoms with van der Waals surface area (Å²) in [5.74, 6) is 0.159. The van der Waals surface area contributed by atoms with E-state index in [4.69, 9.17) is 0 Å². The van der Waals surface area contributed by atoms with Crippen molar-refractivity contribution in [3.8, 4) is 0 Å². The van der Waals surface area contributed by atoms with E-state index in [1.165, 1.54) is 6.07 Å². The zero-order valence-electron chi connectivity index (χ0n) is 11.4. The zero-order chi connectivity index (χ0) is 14.2. The Morgan fingerprint density at radius 2 is 2.20 bits per heavy atom. The second-order valence-electron chi connectivity index (χ2n) is 5.99. The highest BCUT2D eigenvalue weighted by Crippen LogP contribution is 2.45. The molecule has 5 nitrogen and oxygen atoms in total. The fraction of sp³-hybridized carbons (Fsp3) is 0.600. The van der Waals surface area contributed by atoms with Gasteiger partial charge in [-0.3, -0.25) is 10.1 Å². The van der Waals surface area contributed by atoms with Crippen LogP contribution in [0, 0.1) is 16.0 Å². The number of nitro groups is 1. The maximum Gasteiger partial charge on any atom is 0.269 e. The maximum absolute atomic E-state index is 10.9. The van der Waals surface area contributed by atoms with E-state index < -0.39 is 5.60 Å². The molecule has 20 heavy (non-hydrogen) atoms. The Hall–Kier alpha value is -1.46. The van der Waals surface area contributed by atoms with Crippen molar-refractivity contribution < 1.29 is 10.0 Å². The van der Waals surface area contributed by atoms with Crippen LogP contribution in [0.1, 0.15) is 43.7 Å². The van der Waals surface area contributed by atoms with Crippen LogP contribution in [0.15, 0.2) is 24.3 Å². The second kappa shape index (κ2) is 5.14. The molecule has 0 spiro atoms. The molecule has 1 saturated heterocycles. The summed E-state index contributed by atoms with van der Waals surface area (Å²) >= 11 is 0. The smallest absolute Gasteiger partial charge is 0.269 e. The third kappa shape index (κ3) is 2.31. The van der Waals surface area contributed by atoms with Gasteiger partial charge in [-0.05, 0) is 31.4 Å². The van der Waals surface area contributed by atoms with E-state index in [9.17, 15) is 15.2 Å². The Bertz CT molecular complexity index is 516. The Kier molecular flexibility index (Phi) is 3.48. The Balaban J connectivity index is 1.92. The largest absolute Gasteiger partial charge is 0.389 e. The molecule has 1 saturated carbocycles. The van der Waals surface area contributed by atoms with Crippen molar-refractivity contribution in [1.29, 1.82) is 0 Å². The van der Waals surface area contributed by atoms with Crippen LogP contribution in [-0.2, 0) is 0 Å². The average molecular weight is 276 g/mol. The van der Waals surface area contributed by atoms with E-state index >= 15 is 0 Å². The van der Waals surface area contributed by atoms with Crippen LogP contribution in [0.3, 0.4) is 0 Å². The topological polar surface area (TPSA) is 75.4 Å². The van der Waals surface area contributed by atoms with E-state index in [1.807, 2.05) is 6.07 Å². The Morgan fingerprint density at radius 3 is 3.00 bits per heavy atom. The van der Waals surface area contributed by atoms with Crippen molar-refractivity contribution in [3.05, 3.63) is 39.9 Å². The summed E-state index contributed by atoms with van der Waals surface area (Å²) in [6.45, 7) is 0.764. The van der Waals surface area contributed by atoms with E-state index in [2.05, 4.69) is 5.32 Å². The molecule has 5 heteroatoms. The van der Waals surface area contributed by atoms with Crippen LogP contribution in [0.2, 0.25) is 0 Å². The number of rotatable bonds is 2. The number of piperidine rings is 1.